The zero-order chi connectivity index (χ0) is 14.3. The standard InChI is InChI=1S/C13H14F3N3/c1-12(2,17)11-7-18-8-19(11)10-5-3-9(4-6-10)13(14,15)16/h3-8H,17H2,1-2H3. The van der Waals surface area contributed by atoms with Crippen LogP contribution in [0.3, 0.4) is 0 Å². The summed E-state index contributed by atoms with van der Waals surface area (Å²) in [7, 11) is 0. The summed E-state index contributed by atoms with van der Waals surface area (Å²) in [5.41, 5.74) is 6.02. The van der Waals surface area contributed by atoms with Crippen molar-refractivity contribution in [3.63, 3.8) is 0 Å². The molecule has 0 aliphatic rings. The summed E-state index contributed by atoms with van der Waals surface area (Å²) in [6, 6.07) is 4.89. The lowest BCUT2D eigenvalue weighted by molar-refractivity contribution is -0.137. The third-order valence-electron chi connectivity index (χ3n) is 2.77. The molecular weight excluding hydrogens is 255 g/mol. The second kappa shape index (κ2) is 4.38. The van der Waals surface area contributed by atoms with E-state index >= 15 is 0 Å². The topological polar surface area (TPSA) is 43.8 Å². The van der Waals surface area contributed by atoms with Gasteiger partial charge in [0.1, 0.15) is 0 Å². The molecule has 0 amide bonds. The van der Waals surface area contributed by atoms with E-state index in [1.165, 1.54) is 18.5 Å². The fraction of sp³-hybridized carbons (Fsp3) is 0.308. The van der Waals surface area contributed by atoms with E-state index in [9.17, 15) is 13.2 Å². The molecular formula is C13H14F3N3. The maximum atomic E-state index is 12.5. The summed E-state index contributed by atoms with van der Waals surface area (Å²) in [6.07, 6.45) is -1.19. The minimum absolute atomic E-state index is 0.596. The molecule has 2 rings (SSSR count). The van der Waals surface area contributed by atoms with Crippen molar-refractivity contribution in [2.24, 2.45) is 5.73 Å². The summed E-state index contributed by atoms with van der Waals surface area (Å²) in [4.78, 5) is 4.00. The molecule has 2 aromatic rings. The van der Waals surface area contributed by atoms with Gasteiger partial charge < -0.3 is 10.3 Å². The lowest BCUT2D eigenvalue weighted by atomic mass is 10.0. The molecule has 19 heavy (non-hydrogen) atoms. The number of hydrogen-bond acceptors (Lipinski definition) is 2. The lowest BCUT2D eigenvalue weighted by Crippen LogP contribution is -2.31. The van der Waals surface area contributed by atoms with Crippen molar-refractivity contribution in [2.75, 3.05) is 0 Å². The van der Waals surface area contributed by atoms with Crippen molar-refractivity contribution in [1.82, 2.24) is 9.55 Å². The number of nitrogens with two attached hydrogens (primary N) is 1. The SMILES string of the molecule is CC(C)(N)c1cncn1-c1ccc(C(F)(F)F)cc1. The Kier molecular flexibility index (Phi) is 3.14. The Bertz CT molecular complexity index is 562. The number of rotatable bonds is 2. The van der Waals surface area contributed by atoms with E-state index in [0.29, 0.717) is 5.69 Å². The van der Waals surface area contributed by atoms with E-state index in [4.69, 9.17) is 5.73 Å². The van der Waals surface area contributed by atoms with Crippen LogP contribution < -0.4 is 5.73 Å². The number of aromatic nitrogens is 2. The number of imidazole rings is 1. The largest absolute Gasteiger partial charge is 0.416 e. The number of alkyl halides is 3. The molecule has 1 aromatic heterocycles. The molecule has 0 aliphatic carbocycles. The van der Waals surface area contributed by atoms with E-state index in [1.807, 2.05) is 13.8 Å². The maximum absolute atomic E-state index is 12.5. The zero-order valence-electron chi connectivity index (χ0n) is 10.6. The highest BCUT2D eigenvalue weighted by Gasteiger charge is 2.30. The Morgan fingerprint density at radius 3 is 2.16 bits per heavy atom. The van der Waals surface area contributed by atoms with Crippen LogP contribution in [0.2, 0.25) is 0 Å². The van der Waals surface area contributed by atoms with Crippen LogP contribution in [0.1, 0.15) is 25.1 Å². The highest BCUT2D eigenvalue weighted by molar-refractivity contribution is 5.38. The highest BCUT2D eigenvalue weighted by atomic mass is 19.4. The molecule has 0 atom stereocenters. The van der Waals surface area contributed by atoms with E-state index in [1.54, 1.807) is 10.8 Å². The van der Waals surface area contributed by atoms with Gasteiger partial charge in [-0.2, -0.15) is 13.2 Å². The summed E-state index contributed by atoms with van der Waals surface area (Å²) in [5.74, 6) is 0. The zero-order valence-corrected chi connectivity index (χ0v) is 10.6. The van der Waals surface area contributed by atoms with Crippen LogP contribution >= 0.6 is 0 Å². The third-order valence-corrected chi connectivity index (χ3v) is 2.77. The third kappa shape index (κ3) is 2.78. The van der Waals surface area contributed by atoms with E-state index in [-0.39, 0.29) is 0 Å². The minimum atomic E-state index is -4.33. The van der Waals surface area contributed by atoms with Crippen molar-refractivity contribution in [3.05, 3.63) is 48.0 Å². The van der Waals surface area contributed by atoms with Gasteiger partial charge in [0.15, 0.2) is 0 Å². The first-order valence-electron chi connectivity index (χ1n) is 5.69. The molecule has 0 saturated heterocycles. The Morgan fingerprint density at radius 1 is 1.11 bits per heavy atom. The molecule has 1 heterocycles. The lowest BCUT2D eigenvalue weighted by Gasteiger charge is -2.20. The predicted molar refractivity (Wildman–Crippen MR) is 65.8 cm³/mol. The van der Waals surface area contributed by atoms with Gasteiger partial charge in [0.05, 0.1) is 29.3 Å². The van der Waals surface area contributed by atoms with E-state index < -0.39 is 17.3 Å². The number of hydrogen-bond donors (Lipinski definition) is 1. The highest BCUT2D eigenvalue weighted by Crippen LogP contribution is 2.30. The van der Waals surface area contributed by atoms with E-state index in [0.717, 1.165) is 17.8 Å². The van der Waals surface area contributed by atoms with Crippen LogP contribution in [0, 0.1) is 0 Å². The Morgan fingerprint density at radius 2 is 1.68 bits per heavy atom. The van der Waals surface area contributed by atoms with E-state index in [2.05, 4.69) is 4.98 Å². The van der Waals surface area contributed by atoms with Crippen molar-refractivity contribution >= 4 is 0 Å². The quantitative estimate of drug-likeness (QED) is 0.910. The molecule has 0 fully saturated rings. The van der Waals surface area contributed by atoms with Crippen molar-refractivity contribution in [3.8, 4) is 5.69 Å². The molecule has 0 aliphatic heterocycles. The fourth-order valence-electron chi connectivity index (χ4n) is 1.79. The van der Waals surface area contributed by atoms with Gasteiger partial charge >= 0.3 is 6.18 Å². The second-order valence-corrected chi connectivity index (χ2v) is 4.92. The average Bonchev–Trinajstić information content (AvgIpc) is 2.76. The van der Waals surface area contributed by atoms with Gasteiger partial charge in [0.2, 0.25) is 0 Å². The first-order chi connectivity index (χ1) is 8.69. The summed E-state index contributed by atoms with van der Waals surface area (Å²) >= 11 is 0. The Hall–Kier alpha value is -1.82. The molecule has 2 N–H and O–H groups in total. The van der Waals surface area contributed by atoms with Crippen molar-refractivity contribution in [2.45, 2.75) is 25.6 Å². The number of benzene rings is 1. The summed E-state index contributed by atoms with van der Waals surface area (Å²) < 4.78 is 39.2. The predicted octanol–water partition coefficient (Wildman–Crippen LogP) is 3.08. The van der Waals surface area contributed by atoms with Crippen molar-refractivity contribution in [1.29, 1.82) is 0 Å². The molecule has 1 aromatic carbocycles. The van der Waals surface area contributed by atoms with Crippen LogP contribution in [-0.2, 0) is 11.7 Å². The van der Waals surface area contributed by atoms with Crippen LogP contribution in [0.25, 0.3) is 5.69 Å². The normalized spacial score (nSPS) is 12.7. The number of nitrogens with zero attached hydrogens (tertiary/aromatic N) is 2. The average molecular weight is 269 g/mol. The second-order valence-electron chi connectivity index (χ2n) is 4.92. The van der Waals surface area contributed by atoms with Gasteiger partial charge in [-0.05, 0) is 38.1 Å². The molecule has 0 spiro atoms. The maximum Gasteiger partial charge on any atom is 0.416 e. The van der Waals surface area contributed by atoms with Gasteiger partial charge in [0, 0.05) is 5.69 Å². The Labute approximate surface area is 108 Å². The van der Waals surface area contributed by atoms with Gasteiger partial charge in [0.25, 0.3) is 0 Å². The smallest absolute Gasteiger partial charge is 0.321 e. The van der Waals surface area contributed by atoms with Gasteiger partial charge in [-0.25, -0.2) is 4.98 Å². The first-order valence-corrected chi connectivity index (χ1v) is 5.69. The molecule has 0 radical (unpaired) electrons. The molecule has 102 valence electrons. The van der Waals surface area contributed by atoms with Gasteiger partial charge in [-0.1, -0.05) is 0 Å². The van der Waals surface area contributed by atoms with Gasteiger partial charge in [-0.3, -0.25) is 0 Å². The van der Waals surface area contributed by atoms with Crippen LogP contribution in [-0.4, -0.2) is 9.55 Å². The van der Waals surface area contributed by atoms with Crippen LogP contribution in [0.5, 0.6) is 0 Å². The van der Waals surface area contributed by atoms with Gasteiger partial charge in [-0.15, -0.1) is 0 Å². The van der Waals surface area contributed by atoms with Crippen LogP contribution in [0.15, 0.2) is 36.8 Å². The molecule has 3 nitrogen and oxygen atoms in total. The Balaban J connectivity index is 2.42. The fourth-order valence-corrected chi connectivity index (χ4v) is 1.79. The number of halogens is 3. The molecule has 0 unspecified atom stereocenters. The minimum Gasteiger partial charge on any atom is -0.321 e. The van der Waals surface area contributed by atoms with Crippen molar-refractivity contribution < 1.29 is 13.2 Å². The molecule has 0 saturated carbocycles. The molecule has 6 heteroatoms. The summed E-state index contributed by atoms with van der Waals surface area (Å²) in [6.45, 7) is 3.62. The monoisotopic (exact) mass is 269 g/mol. The first kappa shape index (κ1) is 13.6. The van der Waals surface area contributed by atoms with Crippen LogP contribution in [0.4, 0.5) is 13.2 Å². The molecule has 0 bridgehead atoms. The summed E-state index contributed by atoms with van der Waals surface area (Å²) in [5, 5.41) is 0.